The lowest BCUT2D eigenvalue weighted by Gasteiger charge is -2.31. The second-order valence-corrected chi connectivity index (χ2v) is 15.1. The minimum absolute atomic E-state index is 0.0971. The summed E-state index contributed by atoms with van der Waals surface area (Å²) in [5.41, 5.74) is 0.147. The highest BCUT2D eigenvalue weighted by Crippen LogP contribution is 2.60. The number of hydrogen-bond donors (Lipinski definition) is 1. The number of fused-ring (bicyclic) bond motifs is 2. The Hall–Kier alpha value is -3.15. The maximum atomic E-state index is 15.6. The molecule has 208 valence electrons. The fraction of sp³-hybridized carbons (Fsp3) is 0.500. The van der Waals surface area contributed by atoms with Crippen molar-refractivity contribution in [1.29, 1.82) is 0 Å². The Morgan fingerprint density at radius 3 is 2.51 bits per heavy atom. The van der Waals surface area contributed by atoms with Gasteiger partial charge in [0.05, 0.1) is 23.3 Å². The molecule has 2 fully saturated rings. The van der Waals surface area contributed by atoms with Crippen molar-refractivity contribution in [3.8, 4) is 0 Å². The van der Waals surface area contributed by atoms with Crippen LogP contribution in [0.2, 0.25) is 18.6 Å². The van der Waals surface area contributed by atoms with E-state index in [0.717, 1.165) is 24.1 Å². The van der Waals surface area contributed by atoms with Crippen molar-refractivity contribution in [3.63, 3.8) is 0 Å². The summed E-state index contributed by atoms with van der Waals surface area (Å²) in [6, 6.07) is 11.8. The maximum absolute atomic E-state index is 15.6. The monoisotopic (exact) mass is 555 g/mol. The second-order valence-electron chi connectivity index (χ2n) is 11.3. The van der Waals surface area contributed by atoms with Crippen molar-refractivity contribution in [2.24, 2.45) is 5.92 Å². The van der Waals surface area contributed by atoms with Crippen LogP contribution in [0.25, 0.3) is 0 Å². The first kappa shape index (κ1) is 27.4. The lowest BCUT2D eigenvalue weighted by Crippen LogP contribution is -2.45. The Labute approximate surface area is 227 Å². The number of nitrogens with zero attached hydrogens (tertiary/aromatic N) is 3. The number of aliphatic hydroxyl groups is 1. The summed E-state index contributed by atoms with van der Waals surface area (Å²) in [5, 5.41) is 21.4. The van der Waals surface area contributed by atoms with Gasteiger partial charge < -0.3 is 23.8 Å². The largest absolute Gasteiger partial charge is 0.396 e. The zero-order chi connectivity index (χ0) is 28.1. The van der Waals surface area contributed by atoms with E-state index in [2.05, 4.69) is 0 Å². The molecule has 2 amide bonds. The first-order valence-corrected chi connectivity index (χ1v) is 16.4. The van der Waals surface area contributed by atoms with E-state index in [4.69, 9.17) is 4.74 Å². The number of benzene rings is 2. The third-order valence-electron chi connectivity index (χ3n) is 8.48. The summed E-state index contributed by atoms with van der Waals surface area (Å²) < 4.78 is 22.1. The Morgan fingerprint density at radius 2 is 1.90 bits per heavy atom. The van der Waals surface area contributed by atoms with Crippen molar-refractivity contribution < 1.29 is 28.5 Å². The molecule has 0 unspecified atom stereocenters. The van der Waals surface area contributed by atoms with Gasteiger partial charge in [0.25, 0.3) is 11.6 Å². The Balaban J connectivity index is 1.53. The van der Waals surface area contributed by atoms with Crippen LogP contribution in [0.3, 0.4) is 0 Å². The number of nitro groups is 1. The number of carbonyl (C=O) groups excluding carboxylic acids is 2. The number of piperidine rings is 1. The van der Waals surface area contributed by atoms with Crippen LogP contribution < -0.4 is 9.80 Å². The van der Waals surface area contributed by atoms with E-state index in [1.165, 1.54) is 12.1 Å². The molecule has 0 radical (unpaired) electrons. The van der Waals surface area contributed by atoms with Crippen molar-refractivity contribution in [2.45, 2.75) is 69.5 Å². The molecule has 4 atom stereocenters. The predicted octanol–water partition coefficient (Wildman–Crippen LogP) is 4.82. The molecule has 0 bridgehead atoms. The van der Waals surface area contributed by atoms with Gasteiger partial charge in [-0.05, 0) is 56.1 Å². The van der Waals surface area contributed by atoms with Gasteiger partial charge in [-0.3, -0.25) is 19.7 Å². The molecule has 11 heteroatoms. The zero-order valence-corrected chi connectivity index (χ0v) is 23.4. The van der Waals surface area contributed by atoms with E-state index in [0.29, 0.717) is 24.2 Å². The zero-order valence-electron chi connectivity index (χ0n) is 22.4. The number of rotatable bonds is 7. The summed E-state index contributed by atoms with van der Waals surface area (Å²) in [4.78, 5) is 41.1. The SMILES string of the molecule is C[C@@H]1[C@@H]([Si](C)(C)F)[C@H](CCO)O[C@@]12C(=O)N(Cc1ccc(N3CCCCC3=O)cc1)c1ccc([N+](=O)[O-])cc12. The molecule has 9 nitrogen and oxygen atoms in total. The number of anilines is 2. The minimum atomic E-state index is -3.37. The molecule has 2 saturated heterocycles. The average Bonchev–Trinajstić information content (AvgIpc) is 3.31. The van der Waals surface area contributed by atoms with E-state index in [1.807, 2.05) is 24.3 Å². The molecule has 0 saturated carbocycles. The number of ether oxygens (including phenoxy) is 1. The topological polar surface area (TPSA) is 113 Å². The van der Waals surface area contributed by atoms with Crippen LogP contribution >= 0.6 is 0 Å². The number of aliphatic hydroxyl groups excluding tert-OH is 1. The third kappa shape index (κ3) is 4.56. The predicted molar refractivity (Wildman–Crippen MR) is 147 cm³/mol. The van der Waals surface area contributed by atoms with Crippen LogP contribution in [-0.4, -0.2) is 49.5 Å². The molecule has 3 aliphatic heterocycles. The summed E-state index contributed by atoms with van der Waals surface area (Å²) in [7, 11) is -3.37. The highest BCUT2D eigenvalue weighted by molar-refractivity contribution is 6.72. The van der Waals surface area contributed by atoms with Gasteiger partial charge >= 0.3 is 0 Å². The summed E-state index contributed by atoms with van der Waals surface area (Å²) in [6.07, 6.45) is 1.87. The smallest absolute Gasteiger partial charge is 0.269 e. The normalized spacial score (nSPS) is 26.9. The lowest BCUT2D eigenvalue weighted by atomic mass is 9.82. The van der Waals surface area contributed by atoms with E-state index < -0.39 is 36.5 Å². The molecule has 0 aliphatic carbocycles. The van der Waals surface area contributed by atoms with Crippen LogP contribution in [0.4, 0.5) is 21.2 Å². The van der Waals surface area contributed by atoms with Gasteiger partial charge in [0.1, 0.15) is 0 Å². The number of nitro benzene ring substituents is 1. The first-order chi connectivity index (χ1) is 18.5. The average molecular weight is 556 g/mol. The number of hydrogen-bond acceptors (Lipinski definition) is 6. The molecule has 1 N–H and O–H groups in total. The van der Waals surface area contributed by atoms with Gasteiger partial charge in [0, 0.05) is 54.4 Å². The van der Waals surface area contributed by atoms with Crippen LogP contribution in [0.1, 0.15) is 43.7 Å². The highest BCUT2D eigenvalue weighted by atomic mass is 28.4. The van der Waals surface area contributed by atoms with Crippen molar-refractivity contribution >= 4 is 37.3 Å². The Kier molecular flexibility index (Phi) is 7.10. The summed E-state index contributed by atoms with van der Waals surface area (Å²) in [6.45, 7) is 5.56. The highest BCUT2D eigenvalue weighted by Gasteiger charge is 2.66. The molecular weight excluding hydrogens is 521 g/mol. The van der Waals surface area contributed by atoms with E-state index in [1.54, 1.807) is 35.9 Å². The first-order valence-electron chi connectivity index (χ1n) is 13.5. The van der Waals surface area contributed by atoms with Gasteiger partial charge in [-0.1, -0.05) is 19.1 Å². The summed E-state index contributed by atoms with van der Waals surface area (Å²) in [5.74, 6) is -0.879. The molecule has 1 spiro atoms. The quantitative estimate of drug-likeness (QED) is 0.227. The molecular formula is C28H34FN3O6Si. The maximum Gasteiger partial charge on any atom is 0.269 e. The molecule has 0 aromatic heterocycles. The van der Waals surface area contributed by atoms with Crippen LogP contribution in [-0.2, 0) is 26.5 Å². The summed E-state index contributed by atoms with van der Waals surface area (Å²) >= 11 is 0. The molecule has 2 aromatic carbocycles. The Bertz CT molecular complexity index is 1300. The molecule has 39 heavy (non-hydrogen) atoms. The number of halogens is 1. The van der Waals surface area contributed by atoms with E-state index >= 15 is 4.11 Å². The van der Waals surface area contributed by atoms with Crippen LogP contribution in [0.5, 0.6) is 0 Å². The number of amides is 2. The van der Waals surface area contributed by atoms with Crippen molar-refractivity contribution in [1.82, 2.24) is 0 Å². The van der Waals surface area contributed by atoms with Crippen molar-refractivity contribution in [3.05, 3.63) is 63.7 Å². The van der Waals surface area contributed by atoms with E-state index in [9.17, 15) is 24.8 Å². The van der Waals surface area contributed by atoms with Gasteiger partial charge in [-0.15, -0.1) is 0 Å². The lowest BCUT2D eigenvalue weighted by molar-refractivity contribution is -0.385. The minimum Gasteiger partial charge on any atom is -0.396 e. The van der Waals surface area contributed by atoms with Gasteiger partial charge in [-0.2, -0.15) is 0 Å². The van der Waals surface area contributed by atoms with Gasteiger partial charge in [0.15, 0.2) is 5.60 Å². The van der Waals surface area contributed by atoms with Crippen LogP contribution in [0, 0.1) is 16.0 Å². The third-order valence-corrected chi connectivity index (χ3v) is 10.9. The van der Waals surface area contributed by atoms with Crippen LogP contribution in [0.15, 0.2) is 42.5 Å². The number of carbonyl (C=O) groups is 2. The van der Waals surface area contributed by atoms with Crippen molar-refractivity contribution in [2.75, 3.05) is 23.0 Å². The fourth-order valence-corrected chi connectivity index (χ4v) is 9.29. The molecule has 3 heterocycles. The molecule has 3 aliphatic rings. The van der Waals surface area contributed by atoms with E-state index in [-0.39, 0.29) is 37.1 Å². The fourth-order valence-electron chi connectivity index (χ4n) is 6.75. The molecule has 5 rings (SSSR count). The number of non-ortho nitro benzene ring substituents is 1. The standard InChI is InChI=1S/C28H34FN3O6Si/c1-18-26(39(2,3)29)24(13-15-33)38-28(18)22-16-21(32(36)37)11-12-23(22)31(27(28)35)17-19-7-9-20(10-8-19)30-14-5-4-6-25(30)34/h7-12,16,18,24,26,33H,4-6,13-15,17H2,1-3H3/t18-,24+,26-,28+/m1/s1. The Morgan fingerprint density at radius 1 is 1.18 bits per heavy atom. The van der Waals surface area contributed by atoms with Gasteiger partial charge in [-0.25, -0.2) is 0 Å². The molecule has 2 aromatic rings. The second kappa shape index (κ2) is 10.1. The van der Waals surface area contributed by atoms with Gasteiger partial charge in [0.2, 0.25) is 14.3 Å².